The molecule has 1 aliphatic carbocycles. The van der Waals surface area contributed by atoms with Gasteiger partial charge in [0, 0.05) is 5.38 Å². The third-order valence-corrected chi connectivity index (χ3v) is 4.49. The number of hydrogen-bond donors (Lipinski definition) is 0. The Morgan fingerprint density at radius 1 is 1.12 bits per heavy atom. The molecular formula is C16H17Cl. The number of alkyl halides is 1. The van der Waals surface area contributed by atoms with Crippen LogP contribution in [0.5, 0.6) is 0 Å². The smallest absolute Gasteiger partial charge is 0.0344 e. The summed E-state index contributed by atoms with van der Waals surface area (Å²) in [5, 5.41) is 3.08. The second-order valence-electron chi connectivity index (χ2n) is 5.43. The van der Waals surface area contributed by atoms with E-state index in [1.165, 1.54) is 22.8 Å². The highest BCUT2D eigenvalue weighted by Gasteiger charge is 2.36. The molecule has 0 radical (unpaired) electrons. The summed E-state index contributed by atoms with van der Waals surface area (Å²) in [6, 6.07) is 15.3. The van der Waals surface area contributed by atoms with E-state index in [2.05, 4.69) is 49.4 Å². The van der Waals surface area contributed by atoms with Gasteiger partial charge in [-0.15, -0.1) is 11.6 Å². The third-order valence-electron chi connectivity index (χ3n) is 4.12. The van der Waals surface area contributed by atoms with Crippen molar-refractivity contribution in [3.63, 3.8) is 0 Å². The van der Waals surface area contributed by atoms with Crippen LogP contribution in [0.25, 0.3) is 10.8 Å². The lowest BCUT2D eigenvalue weighted by atomic mass is 9.78. The number of halogens is 1. The molecule has 0 aliphatic heterocycles. The zero-order valence-electron chi connectivity index (χ0n) is 10.1. The Bertz CT molecular complexity index is 541. The number of benzene rings is 2. The predicted molar refractivity (Wildman–Crippen MR) is 74.8 cm³/mol. The lowest BCUT2D eigenvalue weighted by Gasteiger charge is -2.26. The average Bonchev–Trinajstić information content (AvgIpc) is 2.70. The van der Waals surface area contributed by atoms with Gasteiger partial charge in [0.1, 0.15) is 0 Å². The van der Waals surface area contributed by atoms with E-state index in [0.717, 1.165) is 12.8 Å². The Kier molecular flexibility index (Phi) is 2.63. The summed E-state index contributed by atoms with van der Waals surface area (Å²) in [6.07, 6.45) is 3.44. The molecule has 2 aromatic rings. The van der Waals surface area contributed by atoms with Crippen LogP contribution in [0.4, 0.5) is 0 Å². The fourth-order valence-electron chi connectivity index (χ4n) is 3.16. The zero-order chi connectivity index (χ0) is 11.9. The molecule has 1 fully saturated rings. The Hall–Kier alpha value is -1.01. The van der Waals surface area contributed by atoms with Gasteiger partial charge in [0.2, 0.25) is 0 Å². The van der Waals surface area contributed by atoms with Crippen molar-refractivity contribution in [1.82, 2.24) is 0 Å². The molecule has 1 saturated carbocycles. The minimum absolute atomic E-state index is 0.257. The van der Waals surface area contributed by atoms with Crippen molar-refractivity contribution in [2.75, 3.05) is 0 Å². The Morgan fingerprint density at radius 2 is 1.88 bits per heavy atom. The summed E-state index contributed by atoms with van der Waals surface area (Å²) >= 11 is 6.30. The van der Waals surface area contributed by atoms with Crippen molar-refractivity contribution in [2.24, 2.45) is 0 Å². The molecule has 0 amide bonds. The van der Waals surface area contributed by atoms with Crippen LogP contribution in [0.3, 0.4) is 0 Å². The van der Waals surface area contributed by atoms with E-state index >= 15 is 0 Å². The van der Waals surface area contributed by atoms with Crippen molar-refractivity contribution in [2.45, 2.75) is 37.0 Å². The highest BCUT2D eigenvalue weighted by molar-refractivity contribution is 6.20. The van der Waals surface area contributed by atoms with Gasteiger partial charge in [0.15, 0.2) is 0 Å². The SMILES string of the molecule is CC1(c2cccc3ccccc23)CCC(Cl)C1. The second kappa shape index (κ2) is 4.03. The first-order valence-electron chi connectivity index (χ1n) is 6.31. The third kappa shape index (κ3) is 1.85. The summed E-state index contributed by atoms with van der Waals surface area (Å²) in [5.74, 6) is 0. The van der Waals surface area contributed by atoms with Crippen molar-refractivity contribution < 1.29 is 0 Å². The number of rotatable bonds is 1. The summed E-state index contributed by atoms with van der Waals surface area (Å²) < 4.78 is 0. The van der Waals surface area contributed by atoms with E-state index in [9.17, 15) is 0 Å². The molecule has 2 unspecified atom stereocenters. The molecule has 88 valence electrons. The number of fused-ring (bicyclic) bond motifs is 1. The Balaban J connectivity index is 2.17. The lowest BCUT2D eigenvalue weighted by Crippen LogP contribution is -2.18. The minimum Gasteiger partial charge on any atom is -0.123 e. The van der Waals surface area contributed by atoms with Gasteiger partial charge in [-0.1, -0.05) is 49.4 Å². The summed E-state index contributed by atoms with van der Waals surface area (Å²) in [6.45, 7) is 2.36. The van der Waals surface area contributed by atoms with Crippen LogP contribution in [-0.4, -0.2) is 5.38 Å². The van der Waals surface area contributed by atoms with Crippen molar-refractivity contribution in [1.29, 1.82) is 0 Å². The maximum absolute atomic E-state index is 6.30. The van der Waals surface area contributed by atoms with Crippen molar-refractivity contribution in [3.05, 3.63) is 48.0 Å². The molecule has 1 heteroatoms. The average molecular weight is 245 g/mol. The van der Waals surface area contributed by atoms with Crippen molar-refractivity contribution >= 4 is 22.4 Å². The van der Waals surface area contributed by atoms with Gasteiger partial charge in [-0.2, -0.15) is 0 Å². The molecule has 1 aliphatic rings. The second-order valence-corrected chi connectivity index (χ2v) is 6.04. The van der Waals surface area contributed by atoms with Crippen LogP contribution in [0, 0.1) is 0 Å². The fraction of sp³-hybridized carbons (Fsp3) is 0.375. The Morgan fingerprint density at radius 3 is 2.65 bits per heavy atom. The molecule has 0 nitrogen and oxygen atoms in total. The molecular weight excluding hydrogens is 228 g/mol. The monoisotopic (exact) mass is 244 g/mol. The normalized spacial score (nSPS) is 28.7. The van der Waals surface area contributed by atoms with Gasteiger partial charge >= 0.3 is 0 Å². The summed E-state index contributed by atoms with van der Waals surface area (Å²) in [4.78, 5) is 0. The van der Waals surface area contributed by atoms with E-state index in [4.69, 9.17) is 11.6 Å². The van der Waals surface area contributed by atoms with Crippen LogP contribution in [0.1, 0.15) is 31.7 Å². The summed E-state index contributed by atoms with van der Waals surface area (Å²) in [5.41, 5.74) is 1.73. The molecule has 2 atom stereocenters. The minimum atomic E-state index is 0.257. The Labute approximate surface area is 108 Å². The van der Waals surface area contributed by atoms with Crippen LogP contribution in [0.2, 0.25) is 0 Å². The van der Waals surface area contributed by atoms with Gasteiger partial charge in [-0.3, -0.25) is 0 Å². The fourth-order valence-corrected chi connectivity index (χ4v) is 3.61. The van der Waals surface area contributed by atoms with Crippen LogP contribution >= 0.6 is 11.6 Å². The van der Waals surface area contributed by atoms with Crippen LogP contribution in [0.15, 0.2) is 42.5 Å². The van der Waals surface area contributed by atoms with E-state index in [1.807, 2.05) is 0 Å². The van der Waals surface area contributed by atoms with Crippen molar-refractivity contribution in [3.8, 4) is 0 Å². The van der Waals surface area contributed by atoms with Gasteiger partial charge in [-0.05, 0) is 41.0 Å². The van der Waals surface area contributed by atoms with Gasteiger partial charge in [0.05, 0.1) is 0 Å². The first-order chi connectivity index (χ1) is 8.19. The van der Waals surface area contributed by atoms with Crippen LogP contribution < -0.4 is 0 Å². The standard InChI is InChI=1S/C16H17Cl/c1-16(10-9-13(17)11-16)15-8-4-6-12-5-2-3-7-14(12)15/h2-8,13H,9-11H2,1H3. The van der Waals surface area contributed by atoms with Gasteiger partial charge in [-0.25, -0.2) is 0 Å². The molecule has 0 heterocycles. The molecule has 0 saturated heterocycles. The van der Waals surface area contributed by atoms with E-state index < -0.39 is 0 Å². The first-order valence-corrected chi connectivity index (χ1v) is 6.75. The van der Waals surface area contributed by atoms with Crippen LogP contribution in [-0.2, 0) is 5.41 Å². The molecule has 0 aromatic heterocycles. The van der Waals surface area contributed by atoms with E-state index in [1.54, 1.807) is 0 Å². The highest BCUT2D eigenvalue weighted by Crippen LogP contribution is 2.44. The van der Waals surface area contributed by atoms with Gasteiger partial charge in [0.25, 0.3) is 0 Å². The molecule has 0 spiro atoms. The van der Waals surface area contributed by atoms with E-state index in [0.29, 0.717) is 5.38 Å². The molecule has 0 bridgehead atoms. The largest absolute Gasteiger partial charge is 0.123 e. The zero-order valence-corrected chi connectivity index (χ0v) is 10.9. The maximum atomic E-state index is 6.30. The summed E-state index contributed by atoms with van der Waals surface area (Å²) in [7, 11) is 0. The predicted octanol–water partition coefficient (Wildman–Crippen LogP) is 4.89. The molecule has 17 heavy (non-hydrogen) atoms. The molecule has 2 aromatic carbocycles. The topological polar surface area (TPSA) is 0 Å². The van der Waals surface area contributed by atoms with E-state index in [-0.39, 0.29) is 5.41 Å². The molecule has 3 rings (SSSR count). The first kappa shape index (κ1) is 11.1. The maximum Gasteiger partial charge on any atom is 0.0344 e. The molecule has 0 N–H and O–H groups in total. The number of hydrogen-bond acceptors (Lipinski definition) is 0. The lowest BCUT2D eigenvalue weighted by molar-refractivity contribution is 0.496. The van der Waals surface area contributed by atoms with Gasteiger partial charge < -0.3 is 0 Å². The highest BCUT2D eigenvalue weighted by atomic mass is 35.5. The quantitative estimate of drug-likeness (QED) is 0.627.